The van der Waals surface area contributed by atoms with E-state index < -0.39 is 0 Å². The van der Waals surface area contributed by atoms with E-state index in [1.54, 1.807) is 36.7 Å². The highest BCUT2D eigenvalue weighted by Gasteiger charge is 2.07. The first-order valence-corrected chi connectivity index (χ1v) is 10.6. The van der Waals surface area contributed by atoms with Crippen LogP contribution in [0.3, 0.4) is 0 Å². The zero-order chi connectivity index (χ0) is 23.2. The van der Waals surface area contributed by atoms with Gasteiger partial charge in [-0.25, -0.2) is 0 Å². The van der Waals surface area contributed by atoms with Gasteiger partial charge in [-0.2, -0.15) is 5.10 Å². The normalized spacial score (nSPS) is 10.8. The SMILES string of the molecule is CC(C)NC(=O)COc1cccc(-n2cc(Nc3ccc(-c4cn[nH]c4)cc3)ccc2=O)c1. The number of aromatic amines is 1. The second kappa shape index (κ2) is 9.86. The van der Waals surface area contributed by atoms with Gasteiger partial charge in [0.25, 0.3) is 11.5 Å². The predicted molar refractivity (Wildman–Crippen MR) is 128 cm³/mol. The molecule has 0 atom stereocenters. The fourth-order valence-electron chi connectivity index (χ4n) is 3.32. The number of hydrogen-bond acceptors (Lipinski definition) is 5. The number of nitrogens with zero attached hydrogens (tertiary/aromatic N) is 2. The lowest BCUT2D eigenvalue weighted by Crippen LogP contribution is -2.34. The molecule has 4 rings (SSSR count). The van der Waals surface area contributed by atoms with Gasteiger partial charge in [-0.1, -0.05) is 18.2 Å². The summed E-state index contributed by atoms with van der Waals surface area (Å²) in [4.78, 5) is 24.4. The lowest BCUT2D eigenvalue weighted by atomic mass is 10.1. The average molecular weight is 444 g/mol. The maximum Gasteiger partial charge on any atom is 0.258 e. The summed E-state index contributed by atoms with van der Waals surface area (Å²) >= 11 is 0. The predicted octanol–water partition coefficient (Wildman–Crippen LogP) is 3.87. The van der Waals surface area contributed by atoms with Crippen LogP contribution in [-0.2, 0) is 4.79 Å². The van der Waals surface area contributed by atoms with Crippen molar-refractivity contribution in [3.8, 4) is 22.6 Å². The number of benzene rings is 2. The molecule has 2 aromatic heterocycles. The molecule has 168 valence electrons. The molecule has 0 spiro atoms. The minimum Gasteiger partial charge on any atom is -0.484 e. The Hall–Kier alpha value is -4.33. The van der Waals surface area contributed by atoms with Crippen LogP contribution in [-0.4, -0.2) is 33.3 Å². The van der Waals surface area contributed by atoms with Gasteiger partial charge in [-0.15, -0.1) is 0 Å². The van der Waals surface area contributed by atoms with Crippen molar-refractivity contribution >= 4 is 17.3 Å². The van der Waals surface area contributed by atoms with Crippen LogP contribution in [0.1, 0.15) is 13.8 Å². The molecular formula is C25H25N5O3. The minimum atomic E-state index is -0.197. The summed E-state index contributed by atoms with van der Waals surface area (Å²) in [6.07, 6.45) is 5.34. The number of pyridine rings is 1. The Morgan fingerprint density at radius 2 is 1.85 bits per heavy atom. The van der Waals surface area contributed by atoms with E-state index in [9.17, 15) is 9.59 Å². The molecular weight excluding hydrogens is 418 g/mol. The molecule has 0 aliphatic rings. The van der Waals surface area contributed by atoms with Crippen molar-refractivity contribution < 1.29 is 9.53 Å². The second-order valence-corrected chi connectivity index (χ2v) is 7.82. The summed E-state index contributed by atoms with van der Waals surface area (Å²) in [5.74, 6) is 0.309. The van der Waals surface area contributed by atoms with Crippen LogP contribution in [0, 0.1) is 0 Å². The van der Waals surface area contributed by atoms with Crippen LogP contribution >= 0.6 is 0 Å². The van der Waals surface area contributed by atoms with Crippen molar-refractivity contribution in [3.05, 3.63) is 89.6 Å². The molecule has 0 unspecified atom stereocenters. The Morgan fingerprint density at radius 1 is 1.06 bits per heavy atom. The molecule has 1 amide bonds. The first kappa shape index (κ1) is 21.9. The molecule has 0 aliphatic carbocycles. The highest BCUT2D eigenvalue weighted by molar-refractivity contribution is 5.77. The number of nitrogens with one attached hydrogen (secondary N) is 3. The molecule has 0 bridgehead atoms. The second-order valence-electron chi connectivity index (χ2n) is 7.82. The maximum absolute atomic E-state index is 12.5. The summed E-state index contributed by atoms with van der Waals surface area (Å²) in [5.41, 5.74) is 4.18. The summed E-state index contributed by atoms with van der Waals surface area (Å²) in [6, 6.07) is 18.3. The van der Waals surface area contributed by atoms with Crippen molar-refractivity contribution in [3.63, 3.8) is 0 Å². The van der Waals surface area contributed by atoms with Crippen molar-refractivity contribution in [2.45, 2.75) is 19.9 Å². The van der Waals surface area contributed by atoms with Crippen molar-refractivity contribution in [1.29, 1.82) is 0 Å². The van der Waals surface area contributed by atoms with Gasteiger partial charge in [0.1, 0.15) is 5.75 Å². The highest BCUT2D eigenvalue weighted by atomic mass is 16.5. The highest BCUT2D eigenvalue weighted by Crippen LogP contribution is 2.23. The van der Waals surface area contributed by atoms with E-state index in [4.69, 9.17) is 4.74 Å². The molecule has 0 fully saturated rings. The van der Waals surface area contributed by atoms with Crippen LogP contribution in [0.2, 0.25) is 0 Å². The summed E-state index contributed by atoms with van der Waals surface area (Å²) in [6.45, 7) is 3.69. The van der Waals surface area contributed by atoms with Crippen LogP contribution < -0.4 is 20.9 Å². The number of anilines is 2. The minimum absolute atomic E-state index is 0.0445. The Balaban J connectivity index is 1.49. The smallest absolute Gasteiger partial charge is 0.258 e. The standard InChI is InChI=1S/C25H25N5O3/c1-17(2)28-24(31)16-33-23-5-3-4-22(12-23)30-15-21(10-11-25(30)32)29-20-8-6-18(7-9-20)19-13-26-27-14-19/h3-15,17,29H,16H2,1-2H3,(H,26,27)(H,28,31). The number of aromatic nitrogens is 3. The molecule has 8 heteroatoms. The van der Waals surface area contributed by atoms with E-state index in [0.29, 0.717) is 11.4 Å². The summed E-state index contributed by atoms with van der Waals surface area (Å²) in [5, 5.41) is 12.9. The molecule has 0 saturated carbocycles. The Kier molecular flexibility index (Phi) is 6.54. The number of carbonyl (C=O) groups is 1. The largest absolute Gasteiger partial charge is 0.484 e. The van der Waals surface area contributed by atoms with Gasteiger partial charge in [0.2, 0.25) is 0 Å². The van der Waals surface area contributed by atoms with E-state index >= 15 is 0 Å². The van der Waals surface area contributed by atoms with Gasteiger partial charge in [0.15, 0.2) is 6.61 Å². The Labute approximate surface area is 191 Å². The monoisotopic (exact) mass is 443 g/mol. The van der Waals surface area contributed by atoms with Gasteiger partial charge in [-0.05, 0) is 49.7 Å². The zero-order valence-corrected chi connectivity index (χ0v) is 18.4. The topological polar surface area (TPSA) is 101 Å². The van der Waals surface area contributed by atoms with E-state index in [1.165, 1.54) is 10.6 Å². The zero-order valence-electron chi connectivity index (χ0n) is 18.4. The third-order valence-electron chi connectivity index (χ3n) is 4.83. The fraction of sp³-hybridized carbons (Fsp3) is 0.160. The molecule has 2 heterocycles. The van der Waals surface area contributed by atoms with Crippen molar-refractivity contribution in [2.24, 2.45) is 0 Å². The maximum atomic E-state index is 12.5. The van der Waals surface area contributed by atoms with E-state index in [0.717, 1.165) is 22.5 Å². The molecule has 4 aromatic rings. The number of rotatable bonds is 8. The van der Waals surface area contributed by atoms with Crippen LogP contribution in [0.4, 0.5) is 11.4 Å². The molecule has 33 heavy (non-hydrogen) atoms. The lowest BCUT2D eigenvalue weighted by Gasteiger charge is -2.13. The molecule has 3 N–H and O–H groups in total. The third kappa shape index (κ3) is 5.68. The first-order chi connectivity index (χ1) is 16.0. The molecule has 2 aromatic carbocycles. The fourth-order valence-corrected chi connectivity index (χ4v) is 3.32. The number of carbonyl (C=O) groups excluding carboxylic acids is 1. The van der Waals surface area contributed by atoms with Gasteiger partial charge < -0.3 is 15.4 Å². The van der Waals surface area contributed by atoms with E-state index in [2.05, 4.69) is 20.8 Å². The lowest BCUT2D eigenvalue weighted by molar-refractivity contribution is -0.123. The Bertz CT molecular complexity index is 1280. The number of ether oxygens (including phenoxy) is 1. The summed E-state index contributed by atoms with van der Waals surface area (Å²) < 4.78 is 7.12. The van der Waals surface area contributed by atoms with Crippen LogP contribution in [0.15, 0.2) is 84.0 Å². The van der Waals surface area contributed by atoms with Gasteiger partial charge >= 0.3 is 0 Å². The third-order valence-corrected chi connectivity index (χ3v) is 4.83. The molecule has 8 nitrogen and oxygen atoms in total. The molecule has 0 aliphatic heterocycles. The van der Waals surface area contributed by atoms with Crippen LogP contribution in [0.5, 0.6) is 5.75 Å². The molecule has 0 radical (unpaired) electrons. The number of hydrogen-bond donors (Lipinski definition) is 3. The Morgan fingerprint density at radius 3 is 2.58 bits per heavy atom. The summed E-state index contributed by atoms with van der Waals surface area (Å²) in [7, 11) is 0. The quantitative estimate of drug-likeness (QED) is 0.384. The number of H-pyrrole nitrogens is 1. The number of amides is 1. The van der Waals surface area contributed by atoms with Crippen molar-refractivity contribution in [2.75, 3.05) is 11.9 Å². The van der Waals surface area contributed by atoms with Gasteiger partial charge in [0, 0.05) is 41.8 Å². The van der Waals surface area contributed by atoms with E-state index in [-0.39, 0.29) is 24.1 Å². The first-order valence-electron chi connectivity index (χ1n) is 10.6. The van der Waals surface area contributed by atoms with Crippen LogP contribution in [0.25, 0.3) is 16.8 Å². The van der Waals surface area contributed by atoms with Gasteiger partial charge in [0.05, 0.1) is 17.6 Å². The molecule has 0 saturated heterocycles. The van der Waals surface area contributed by atoms with E-state index in [1.807, 2.05) is 50.4 Å². The van der Waals surface area contributed by atoms with Gasteiger partial charge in [-0.3, -0.25) is 19.3 Å². The van der Waals surface area contributed by atoms with Crippen molar-refractivity contribution in [1.82, 2.24) is 20.1 Å². The average Bonchev–Trinajstić information content (AvgIpc) is 3.34.